The monoisotopic (exact) mass is 155 g/mol. The standard InChI is InChI=1S/C9H17NO/c1-11-8-2-3-9-7(6-8)4-5-10-9/h7-10H,2-6H2,1H3/t7-,8-,9+/m1/s1. The molecule has 0 unspecified atom stereocenters. The summed E-state index contributed by atoms with van der Waals surface area (Å²) < 4.78 is 5.37. The lowest BCUT2D eigenvalue weighted by molar-refractivity contribution is 0.0469. The van der Waals surface area contributed by atoms with Crippen molar-refractivity contribution in [3.63, 3.8) is 0 Å². The van der Waals surface area contributed by atoms with Crippen LogP contribution in [0.1, 0.15) is 25.7 Å². The molecule has 0 aromatic carbocycles. The molecule has 1 N–H and O–H groups in total. The Morgan fingerprint density at radius 2 is 2.18 bits per heavy atom. The molecule has 0 radical (unpaired) electrons. The van der Waals surface area contributed by atoms with E-state index in [9.17, 15) is 0 Å². The summed E-state index contributed by atoms with van der Waals surface area (Å²) in [5, 5.41) is 3.55. The zero-order valence-electron chi connectivity index (χ0n) is 7.18. The van der Waals surface area contributed by atoms with E-state index >= 15 is 0 Å². The van der Waals surface area contributed by atoms with Gasteiger partial charge in [0.25, 0.3) is 0 Å². The van der Waals surface area contributed by atoms with E-state index in [1.165, 1.54) is 32.2 Å². The van der Waals surface area contributed by atoms with Gasteiger partial charge in [0.1, 0.15) is 0 Å². The van der Waals surface area contributed by atoms with Gasteiger partial charge in [0.15, 0.2) is 0 Å². The third kappa shape index (κ3) is 1.42. The van der Waals surface area contributed by atoms with E-state index in [0.29, 0.717) is 6.10 Å². The minimum absolute atomic E-state index is 0.552. The van der Waals surface area contributed by atoms with E-state index in [0.717, 1.165) is 12.0 Å². The lowest BCUT2D eigenvalue weighted by atomic mass is 9.84. The molecule has 11 heavy (non-hydrogen) atoms. The Bertz CT molecular complexity index is 138. The highest BCUT2D eigenvalue weighted by Gasteiger charge is 2.33. The Morgan fingerprint density at radius 3 is 3.00 bits per heavy atom. The molecule has 1 saturated heterocycles. The Morgan fingerprint density at radius 1 is 1.27 bits per heavy atom. The third-order valence-corrected chi connectivity index (χ3v) is 3.19. The molecule has 3 atom stereocenters. The first-order valence-corrected chi connectivity index (χ1v) is 4.66. The fourth-order valence-corrected chi connectivity index (χ4v) is 2.48. The second-order valence-corrected chi connectivity index (χ2v) is 3.78. The molecule has 0 aromatic rings. The molecular weight excluding hydrogens is 138 g/mol. The summed E-state index contributed by atoms with van der Waals surface area (Å²) in [6, 6.07) is 0.821. The average Bonchev–Trinajstić information content (AvgIpc) is 2.50. The Balaban J connectivity index is 1.91. The van der Waals surface area contributed by atoms with Crippen LogP contribution in [-0.2, 0) is 4.74 Å². The predicted molar refractivity (Wildman–Crippen MR) is 44.5 cm³/mol. The fourth-order valence-electron chi connectivity index (χ4n) is 2.48. The van der Waals surface area contributed by atoms with E-state index < -0.39 is 0 Å². The molecule has 64 valence electrons. The molecule has 2 rings (SSSR count). The first-order chi connectivity index (χ1) is 5.40. The highest BCUT2D eigenvalue weighted by atomic mass is 16.5. The van der Waals surface area contributed by atoms with Gasteiger partial charge in [0, 0.05) is 13.2 Å². The van der Waals surface area contributed by atoms with Gasteiger partial charge in [-0.15, -0.1) is 0 Å². The first-order valence-electron chi connectivity index (χ1n) is 4.66. The highest BCUT2D eigenvalue weighted by molar-refractivity contribution is 4.89. The van der Waals surface area contributed by atoms with Crippen molar-refractivity contribution >= 4 is 0 Å². The zero-order valence-corrected chi connectivity index (χ0v) is 7.18. The molecule has 2 aliphatic rings. The lowest BCUT2D eigenvalue weighted by Gasteiger charge is -2.30. The third-order valence-electron chi connectivity index (χ3n) is 3.19. The molecule has 1 aliphatic carbocycles. The molecule has 0 aromatic heterocycles. The van der Waals surface area contributed by atoms with Crippen LogP contribution in [0, 0.1) is 5.92 Å². The number of nitrogens with one attached hydrogen (secondary N) is 1. The molecule has 2 fully saturated rings. The Hall–Kier alpha value is -0.0800. The molecule has 0 spiro atoms. The molecule has 0 amide bonds. The Kier molecular flexibility index (Phi) is 2.14. The molecular formula is C9H17NO. The van der Waals surface area contributed by atoms with Crippen molar-refractivity contribution in [2.75, 3.05) is 13.7 Å². The summed E-state index contributed by atoms with van der Waals surface area (Å²) in [6.45, 7) is 1.23. The van der Waals surface area contributed by atoms with Crippen LogP contribution in [0.15, 0.2) is 0 Å². The van der Waals surface area contributed by atoms with Crippen LogP contribution in [0.2, 0.25) is 0 Å². The van der Waals surface area contributed by atoms with E-state index in [-0.39, 0.29) is 0 Å². The van der Waals surface area contributed by atoms with Gasteiger partial charge in [0.2, 0.25) is 0 Å². The smallest absolute Gasteiger partial charge is 0.0575 e. The molecule has 0 bridgehead atoms. The van der Waals surface area contributed by atoms with E-state index in [4.69, 9.17) is 4.74 Å². The summed E-state index contributed by atoms with van der Waals surface area (Å²) in [6.07, 6.45) is 5.78. The molecule has 1 aliphatic heterocycles. The van der Waals surface area contributed by atoms with Crippen molar-refractivity contribution in [3.8, 4) is 0 Å². The Labute approximate surface area is 68.3 Å². The number of hydrogen-bond acceptors (Lipinski definition) is 2. The SMILES string of the molecule is CO[C@@H]1CC[C@@H]2NCC[C@@H]2C1. The van der Waals surface area contributed by atoms with Crippen molar-refractivity contribution < 1.29 is 4.74 Å². The largest absolute Gasteiger partial charge is 0.381 e. The van der Waals surface area contributed by atoms with Gasteiger partial charge in [-0.2, -0.15) is 0 Å². The van der Waals surface area contributed by atoms with Gasteiger partial charge in [-0.25, -0.2) is 0 Å². The number of fused-ring (bicyclic) bond motifs is 1. The molecule has 2 nitrogen and oxygen atoms in total. The van der Waals surface area contributed by atoms with Crippen LogP contribution in [0.3, 0.4) is 0 Å². The first kappa shape index (κ1) is 7.56. The second-order valence-electron chi connectivity index (χ2n) is 3.78. The summed E-state index contributed by atoms with van der Waals surface area (Å²) in [5.41, 5.74) is 0. The van der Waals surface area contributed by atoms with Crippen LogP contribution in [0.4, 0.5) is 0 Å². The maximum absolute atomic E-state index is 5.37. The number of ether oxygens (including phenoxy) is 1. The van der Waals surface area contributed by atoms with Crippen molar-refractivity contribution in [2.24, 2.45) is 5.92 Å². The van der Waals surface area contributed by atoms with Gasteiger partial charge in [0.05, 0.1) is 6.10 Å². The zero-order chi connectivity index (χ0) is 7.68. The highest BCUT2D eigenvalue weighted by Crippen LogP contribution is 2.31. The minimum atomic E-state index is 0.552. The fraction of sp³-hybridized carbons (Fsp3) is 1.00. The molecule has 1 saturated carbocycles. The van der Waals surface area contributed by atoms with Crippen LogP contribution < -0.4 is 5.32 Å². The van der Waals surface area contributed by atoms with Crippen LogP contribution in [0.5, 0.6) is 0 Å². The van der Waals surface area contributed by atoms with Gasteiger partial charge < -0.3 is 10.1 Å². The minimum Gasteiger partial charge on any atom is -0.381 e. The van der Waals surface area contributed by atoms with E-state index in [2.05, 4.69) is 5.32 Å². The topological polar surface area (TPSA) is 21.3 Å². The van der Waals surface area contributed by atoms with Crippen LogP contribution in [0.25, 0.3) is 0 Å². The summed E-state index contributed by atoms with van der Waals surface area (Å²) in [4.78, 5) is 0. The summed E-state index contributed by atoms with van der Waals surface area (Å²) in [7, 11) is 1.84. The molecule has 1 heterocycles. The van der Waals surface area contributed by atoms with E-state index in [1.54, 1.807) is 0 Å². The second kappa shape index (κ2) is 3.11. The lowest BCUT2D eigenvalue weighted by Crippen LogP contribution is -2.35. The normalized spacial score (nSPS) is 43.9. The number of rotatable bonds is 1. The van der Waals surface area contributed by atoms with Crippen molar-refractivity contribution in [1.29, 1.82) is 0 Å². The maximum atomic E-state index is 5.37. The van der Waals surface area contributed by atoms with Crippen molar-refractivity contribution in [3.05, 3.63) is 0 Å². The van der Waals surface area contributed by atoms with Gasteiger partial charge in [-0.3, -0.25) is 0 Å². The van der Waals surface area contributed by atoms with Crippen LogP contribution >= 0.6 is 0 Å². The molecule has 2 heteroatoms. The quantitative estimate of drug-likeness (QED) is 0.613. The average molecular weight is 155 g/mol. The van der Waals surface area contributed by atoms with Gasteiger partial charge in [-0.05, 0) is 38.1 Å². The van der Waals surface area contributed by atoms with Gasteiger partial charge in [-0.1, -0.05) is 0 Å². The van der Waals surface area contributed by atoms with E-state index in [1.807, 2.05) is 7.11 Å². The summed E-state index contributed by atoms with van der Waals surface area (Å²) in [5.74, 6) is 0.911. The number of methoxy groups -OCH3 is 1. The summed E-state index contributed by atoms with van der Waals surface area (Å²) >= 11 is 0. The van der Waals surface area contributed by atoms with Gasteiger partial charge >= 0.3 is 0 Å². The maximum Gasteiger partial charge on any atom is 0.0575 e. The van der Waals surface area contributed by atoms with Crippen molar-refractivity contribution in [2.45, 2.75) is 37.8 Å². The predicted octanol–water partition coefficient (Wildman–Crippen LogP) is 1.16. The number of hydrogen-bond donors (Lipinski definition) is 1. The van der Waals surface area contributed by atoms with Crippen molar-refractivity contribution in [1.82, 2.24) is 5.32 Å². The van der Waals surface area contributed by atoms with Crippen LogP contribution in [-0.4, -0.2) is 25.8 Å².